The van der Waals surface area contributed by atoms with Gasteiger partial charge in [-0.25, -0.2) is 4.79 Å². The van der Waals surface area contributed by atoms with Gasteiger partial charge in [-0.15, -0.1) is 0 Å². The number of hydrogen-bond donors (Lipinski definition) is 7. The molecule has 1 fully saturated rings. The SMILES string of the molecule is C[C@H](NC(=O)OC(C)(C)C)C(=O)O.NC(=O)c1cccnc1.OC[C@H]1OC(O)[C@H](O)[C@@H]1O. The Hall–Kier alpha value is -2.84. The van der Waals surface area contributed by atoms with Gasteiger partial charge in [0.2, 0.25) is 5.91 Å². The van der Waals surface area contributed by atoms with Crippen molar-refractivity contribution in [1.29, 1.82) is 0 Å². The minimum Gasteiger partial charge on any atom is -0.480 e. The van der Waals surface area contributed by atoms with Gasteiger partial charge in [-0.1, -0.05) is 0 Å². The number of hydrogen-bond acceptors (Lipinski definition) is 10. The minimum absolute atomic E-state index is 0.407. The van der Waals surface area contributed by atoms with E-state index in [4.69, 9.17) is 36.0 Å². The Balaban J connectivity index is 0.000000458. The summed E-state index contributed by atoms with van der Waals surface area (Å²) in [5.74, 6) is -1.53. The second-order valence-corrected chi connectivity index (χ2v) is 7.54. The lowest BCUT2D eigenvalue weighted by molar-refractivity contribution is -0.139. The van der Waals surface area contributed by atoms with Gasteiger partial charge in [-0.05, 0) is 39.8 Å². The van der Waals surface area contributed by atoms with Crippen LogP contribution in [0.4, 0.5) is 4.79 Å². The molecule has 2 heterocycles. The molecule has 1 aliphatic heterocycles. The van der Waals surface area contributed by atoms with Crippen LogP contribution < -0.4 is 11.1 Å². The lowest BCUT2D eigenvalue weighted by Crippen LogP contribution is -2.41. The van der Waals surface area contributed by atoms with E-state index in [1.165, 1.54) is 13.1 Å². The number of pyridine rings is 1. The summed E-state index contributed by atoms with van der Waals surface area (Å²) in [6.45, 7) is 6.08. The smallest absolute Gasteiger partial charge is 0.408 e. The first-order chi connectivity index (χ1) is 14.7. The van der Waals surface area contributed by atoms with Crippen molar-refractivity contribution in [2.75, 3.05) is 6.61 Å². The largest absolute Gasteiger partial charge is 0.480 e. The molecule has 13 heteroatoms. The Kier molecular flexibility index (Phi) is 12.3. The molecule has 1 aliphatic rings. The highest BCUT2D eigenvalue weighted by Gasteiger charge is 2.41. The van der Waals surface area contributed by atoms with Crippen LogP contribution in [0.3, 0.4) is 0 Å². The average molecular weight is 461 g/mol. The molecule has 13 nitrogen and oxygen atoms in total. The molecule has 8 N–H and O–H groups in total. The van der Waals surface area contributed by atoms with Crippen molar-refractivity contribution in [3.8, 4) is 0 Å². The second-order valence-electron chi connectivity index (χ2n) is 7.54. The first kappa shape index (κ1) is 29.2. The van der Waals surface area contributed by atoms with Crippen LogP contribution in [0.2, 0.25) is 0 Å². The van der Waals surface area contributed by atoms with Crippen LogP contribution in [0.15, 0.2) is 24.5 Å². The number of nitrogens with two attached hydrogens (primary N) is 1. The number of nitrogens with zero attached hydrogens (tertiary/aromatic N) is 1. The number of alkyl carbamates (subject to hydrolysis) is 1. The summed E-state index contributed by atoms with van der Waals surface area (Å²) in [7, 11) is 0. The first-order valence-corrected chi connectivity index (χ1v) is 9.42. The molecule has 1 unspecified atom stereocenters. The van der Waals surface area contributed by atoms with E-state index in [0.717, 1.165) is 0 Å². The van der Waals surface area contributed by atoms with Crippen molar-refractivity contribution in [2.24, 2.45) is 5.73 Å². The van der Waals surface area contributed by atoms with Crippen molar-refractivity contribution in [2.45, 2.75) is 63.9 Å². The minimum atomic E-state index is -1.38. The highest BCUT2D eigenvalue weighted by molar-refractivity contribution is 5.92. The molecule has 182 valence electrons. The molecule has 0 radical (unpaired) electrons. The van der Waals surface area contributed by atoms with Crippen LogP contribution >= 0.6 is 0 Å². The van der Waals surface area contributed by atoms with E-state index in [9.17, 15) is 14.4 Å². The number of rotatable bonds is 4. The third-order valence-electron chi connectivity index (χ3n) is 3.57. The molecule has 0 saturated carbocycles. The molecular formula is C19H31N3O10. The average Bonchev–Trinajstić information content (AvgIpc) is 2.94. The number of carboxylic acids is 1. The van der Waals surface area contributed by atoms with Crippen LogP contribution in [0.5, 0.6) is 0 Å². The first-order valence-electron chi connectivity index (χ1n) is 9.42. The maximum absolute atomic E-state index is 11.0. The molecule has 5 atom stereocenters. The maximum Gasteiger partial charge on any atom is 0.408 e. The normalized spacial score (nSPS) is 22.9. The standard InChI is InChI=1S/C8H15NO4.C6H6N2O.C5H10O5/c1-5(6(10)11)9-7(12)13-8(2,3)4;7-6(9)5-2-1-3-8-4-5;6-1-2-3(7)4(8)5(9)10-2/h5H,1-4H3,(H,9,12)(H,10,11);1-4H,(H2,7,9);2-9H,1H2/t5-;;2-,3-,4-,5?/m0.1/s1. The molecule has 0 bridgehead atoms. The summed E-state index contributed by atoms with van der Waals surface area (Å²) in [4.78, 5) is 35.4. The molecule has 1 aromatic heterocycles. The van der Waals surface area contributed by atoms with Gasteiger partial charge < -0.3 is 46.1 Å². The Morgan fingerprint density at radius 3 is 2.12 bits per heavy atom. The molecule has 0 spiro atoms. The molecule has 2 rings (SSSR count). The highest BCUT2D eigenvalue weighted by atomic mass is 16.6. The molecule has 32 heavy (non-hydrogen) atoms. The van der Waals surface area contributed by atoms with Crippen LogP contribution in [0.1, 0.15) is 38.1 Å². The van der Waals surface area contributed by atoms with Gasteiger partial charge in [0.15, 0.2) is 6.29 Å². The number of amides is 2. The van der Waals surface area contributed by atoms with Gasteiger partial charge in [0.05, 0.1) is 12.2 Å². The number of carboxylic acid groups (broad SMARTS) is 1. The van der Waals surface area contributed by atoms with Gasteiger partial charge in [0.25, 0.3) is 0 Å². The number of aliphatic carboxylic acids is 1. The zero-order valence-electron chi connectivity index (χ0n) is 18.2. The van der Waals surface area contributed by atoms with Crippen LogP contribution in [-0.4, -0.2) is 91.3 Å². The van der Waals surface area contributed by atoms with Crippen molar-refractivity contribution >= 4 is 18.0 Å². The number of ether oxygens (including phenoxy) is 2. The zero-order valence-corrected chi connectivity index (χ0v) is 18.2. The van der Waals surface area contributed by atoms with Gasteiger partial charge in [0.1, 0.15) is 30.0 Å². The van der Waals surface area contributed by atoms with E-state index in [1.807, 2.05) is 0 Å². The molecule has 1 aromatic rings. The number of nitrogens with one attached hydrogen (secondary N) is 1. The van der Waals surface area contributed by atoms with Gasteiger partial charge in [-0.3, -0.25) is 14.6 Å². The Morgan fingerprint density at radius 2 is 1.84 bits per heavy atom. The fourth-order valence-electron chi connectivity index (χ4n) is 1.93. The number of primary amides is 1. The predicted molar refractivity (Wildman–Crippen MR) is 109 cm³/mol. The van der Waals surface area contributed by atoms with Crippen molar-refractivity contribution < 1.29 is 49.4 Å². The van der Waals surface area contributed by atoms with Crippen LogP contribution in [-0.2, 0) is 14.3 Å². The van der Waals surface area contributed by atoms with Gasteiger partial charge >= 0.3 is 12.1 Å². The maximum atomic E-state index is 11.0. The number of aliphatic hydroxyl groups excluding tert-OH is 4. The third kappa shape index (κ3) is 11.5. The quantitative estimate of drug-likeness (QED) is 0.276. The number of carbonyl (C=O) groups excluding carboxylic acids is 2. The predicted octanol–water partition coefficient (Wildman–Crippen LogP) is -1.42. The molecule has 2 amide bonds. The van der Waals surface area contributed by atoms with E-state index < -0.39 is 60.8 Å². The molecule has 1 saturated heterocycles. The summed E-state index contributed by atoms with van der Waals surface area (Å²) in [5, 5.41) is 45.6. The van der Waals surface area contributed by atoms with Crippen LogP contribution in [0.25, 0.3) is 0 Å². The van der Waals surface area contributed by atoms with E-state index in [2.05, 4.69) is 15.0 Å². The Bertz CT molecular complexity index is 726. The fourth-order valence-corrected chi connectivity index (χ4v) is 1.93. The van der Waals surface area contributed by atoms with E-state index in [-0.39, 0.29) is 0 Å². The van der Waals surface area contributed by atoms with E-state index in [0.29, 0.717) is 5.56 Å². The van der Waals surface area contributed by atoms with Gasteiger partial charge in [-0.2, -0.15) is 0 Å². The summed E-state index contributed by atoms with van der Waals surface area (Å²) < 4.78 is 9.39. The second kappa shape index (κ2) is 13.5. The number of carbonyl (C=O) groups is 3. The monoisotopic (exact) mass is 461 g/mol. The van der Waals surface area contributed by atoms with E-state index in [1.54, 1.807) is 39.1 Å². The zero-order chi connectivity index (χ0) is 25.1. The number of aliphatic hydroxyl groups is 4. The lowest BCUT2D eigenvalue weighted by Gasteiger charge is -2.20. The van der Waals surface area contributed by atoms with E-state index >= 15 is 0 Å². The topological polar surface area (TPSA) is 222 Å². The third-order valence-corrected chi connectivity index (χ3v) is 3.57. The summed E-state index contributed by atoms with van der Waals surface area (Å²) in [6.07, 6.45) is -2.45. The van der Waals surface area contributed by atoms with Crippen LogP contribution in [0, 0.1) is 0 Å². The molecule has 0 aliphatic carbocycles. The fraction of sp³-hybridized carbons (Fsp3) is 0.579. The number of aromatic nitrogens is 1. The highest BCUT2D eigenvalue weighted by Crippen LogP contribution is 2.18. The van der Waals surface area contributed by atoms with Crippen molar-refractivity contribution in [3.63, 3.8) is 0 Å². The molecule has 0 aromatic carbocycles. The Labute approximate surface area is 184 Å². The van der Waals surface area contributed by atoms with Gasteiger partial charge in [0, 0.05) is 12.4 Å². The van der Waals surface area contributed by atoms with Crippen molar-refractivity contribution in [3.05, 3.63) is 30.1 Å². The van der Waals surface area contributed by atoms with Crippen molar-refractivity contribution in [1.82, 2.24) is 10.3 Å². The summed E-state index contributed by atoms with van der Waals surface area (Å²) in [6, 6.07) is 2.35. The molecular weight excluding hydrogens is 430 g/mol. The summed E-state index contributed by atoms with van der Waals surface area (Å²) >= 11 is 0. The Morgan fingerprint density at radius 1 is 1.25 bits per heavy atom. The summed E-state index contributed by atoms with van der Waals surface area (Å²) in [5.41, 5.74) is 4.77. The lowest BCUT2D eigenvalue weighted by atomic mass is 10.1.